The highest BCUT2D eigenvalue weighted by molar-refractivity contribution is 5.99. The standard InChI is InChI=1S/C32H35FN4O/c1-32(15-5-6-23(35)18-32)31(38)27-17-29(21-11-9-20(19-34)10-12-21)37(36-27)28-14-13-22(16-26(28)33)30-24-7-3-2-4-8-25(24)30/h9-14,16-17,23-25,30H,2-8,15,18,35H2,1H3/t23-,24?,25?,30?,32+/m1/s1. The summed E-state index contributed by atoms with van der Waals surface area (Å²) in [7, 11) is 0. The monoisotopic (exact) mass is 510 g/mol. The van der Waals surface area contributed by atoms with Crippen molar-refractivity contribution in [2.45, 2.75) is 76.7 Å². The van der Waals surface area contributed by atoms with Crippen LogP contribution < -0.4 is 5.73 Å². The second-order valence-corrected chi connectivity index (χ2v) is 12.0. The number of nitrogens with two attached hydrogens (primary N) is 1. The molecule has 0 saturated heterocycles. The van der Waals surface area contributed by atoms with E-state index in [1.807, 2.05) is 31.2 Å². The number of rotatable bonds is 5. The minimum atomic E-state index is -0.581. The Hall–Kier alpha value is -3.30. The van der Waals surface area contributed by atoms with E-state index in [4.69, 9.17) is 10.8 Å². The maximum Gasteiger partial charge on any atom is 0.188 e. The highest BCUT2D eigenvalue weighted by atomic mass is 19.1. The minimum absolute atomic E-state index is 0.00168. The van der Waals surface area contributed by atoms with Gasteiger partial charge in [-0.2, -0.15) is 10.4 Å². The number of Topliss-reactive ketones (excluding diaryl/α,β-unsaturated/α-hetero) is 1. The normalized spacial score (nSPS) is 28.7. The summed E-state index contributed by atoms with van der Waals surface area (Å²) in [4.78, 5) is 13.7. The van der Waals surface area contributed by atoms with Crippen LogP contribution in [0.1, 0.15) is 92.2 Å². The van der Waals surface area contributed by atoms with Gasteiger partial charge in [-0.05, 0) is 85.8 Å². The number of hydrogen-bond donors (Lipinski definition) is 1. The molecule has 38 heavy (non-hydrogen) atoms. The highest BCUT2D eigenvalue weighted by Gasteiger charge is 2.50. The molecular weight excluding hydrogens is 475 g/mol. The minimum Gasteiger partial charge on any atom is -0.328 e. The molecule has 3 saturated carbocycles. The number of carbonyl (C=O) groups is 1. The van der Waals surface area contributed by atoms with E-state index < -0.39 is 5.41 Å². The zero-order valence-electron chi connectivity index (χ0n) is 22.0. The first-order valence-electron chi connectivity index (χ1n) is 14.1. The number of carbonyl (C=O) groups excluding carboxylic acids is 1. The van der Waals surface area contributed by atoms with Crippen LogP contribution in [0.25, 0.3) is 16.9 Å². The Balaban J connectivity index is 1.38. The molecule has 1 aromatic heterocycles. The smallest absolute Gasteiger partial charge is 0.188 e. The van der Waals surface area contributed by atoms with Gasteiger partial charge in [0.05, 0.1) is 17.3 Å². The van der Waals surface area contributed by atoms with Gasteiger partial charge in [0, 0.05) is 17.0 Å². The Labute approximate surface area is 223 Å². The van der Waals surface area contributed by atoms with Gasteiger partial charge in [0.2, 0.25) is 0 Å². The maximum atomic E-state index is 15.8. The van der Waals surface area contributed by atoms with Gasteiger partial charge in [0.25, 0.3) is 0 Å². The van der Waals surface area contributed by atoms with E-state index in [0.717, 1.165) is 30.4 Å². The Kier molecular flexibility index (Phi) is 6.44. The number of nitriles is 1. The molecule has 0 aliphatic heterocycles. The van der Waals surface area contributed by atoms with Crippen LogP contribution in [0, 0.1) is 34.4 Å². The summed E-state index contributed by atoms with van der Waals surface area (Å²) < 4.78 is 17.3. The van der Waals surface area contributed by atoms with Gasteiger partial charge in [-0.25, -0.2) is 9.07 Å². The summed E-state index contributed by atoms with van der Waals surface area (Å²) in [6, 6.07) is 16.5. The number of aromatic nitrogens is 2. The Bertz CT molecular complexity index is 1390. The molecular formula is C32H35FN4O. The third-order valence-corrected chi connectivity index (χ3v) is 9.31. The second-order valence-electron chi connectivity index (χ2n) is 12.0. The molecule has 2 aromatic carbocycles. The summed E-state index contributed by atoms with van der Waals surface area (Å²) in [6.07, 6.45) is 9.59. The number of fused-ring (bicyclic) bond motifs is 1. The molecule has 3 fully saturated rings. The molecule has 0 amide bonds. The lowest BCUT2D eigenvalue weighted by molar-refractivity contribution is 0.0725. The molecule has 6 rings (SSSR count). The molecule has 2 unspecified atom stereocenters. The zero-order chi connectivity index (χ0) is 26.4. The SMILES string of the molecule is C[C@]1(C(=O)c2cc(-c3ccc(C#N)cc3)n(-c3ccc(C4C5CCCCCC54)cc3F)n2)CCC[C@@H](N)C1. The lowest BCUT2D eigenvalue weighted by Crippen LogP contribution is -2.39. The number of ketones is 1. The largest absolute Gasteiger partial charge is 0.328 e. The van der Waals surface area contributed by atoms with Crippen molar-refractivity contribution in [2.75, 3.05) is 0 Å². The fourth-order valence-electron chi connectivity index (χ4n) is 7.22. The van der Waals surface area contributed by atoms with Crippen molar-refractivity contribution in [3.05, 3.63) is 71.2 Å². The lowest BCUT2D eigenvalue weighted by atomic mass is 9.70. The highest BCUT2D eigenvalue weighted by Crippen LogP contribution is 2.60. The third-order valence-electron chi connectivity index (χ3n) is 9.31. The summed E-state index contributed by atoms with van der Waals surface area (Å²) in [5.41, 5.74) is 9.33. The van der Waals surface area contributed by atoms with Gasteiger partial charge in [-0.1, -0.05) is 50.8 Å². The number of nitrogens with zero attached hydrogens (tertiary/aromatic N) is 3. The van der Waals surface area contributed by atoms with Gasteiger partial charge < -0.3 is 5.73 Å². The molecule has 0 bridgehead atoms. The predicted molar refractivity (Wildman–Crippen MR) is 145 cm³/mol. The van der Waals surface area contributed by atoms with E-state index in [2.05, 4.69) is 6.07 Å². The average molecular weight is 511 g/mol. The van der Waals surface area contributed by atoms with E-state index in [-0.39, 0.29) is 17.6 Å². The molecule has 1 heterocycles. The van der Waals surface area contributed by atoms with Gasteiger partial charge >= 0.3 is 0 Å². The van der Waals surface area contributed by atoms with Gasteiger partial charge in [0.15, 0.2) is 5.78 Å². The molecule has 3 aliphatic carbocycles. The maximum absolute atomic E-state index is 15.8. The quantitative estimate of drug-likeness (QED) is 0.377. The first kappa shape index (κ1) is 25.0. The topological polar surface area (TPSA) is 84.7 Å². The molecule has 4 atom stereocenters. The fourth-order valence-corrected chi connectivity index (χ4v) is 7.22. The number of benzene rings is 2. The Morgan fingerprint density at radius 3 is 2.45 bits per heavy atom. The van der Waals surface area contributed by atoms with Gasteiger partial charge in [-0.3, -0.25) is 4.79 Å². The summed E-state index contributed by atoms with van der Waals surface area (Å²) in [5, 5.41) is 13.9. The van der Waals surface area contributed by atoms with E-state index in [1.165, 1.54) is 32.1 Å². The molecule has 5 nitrogen and oxygen atoms in total. The third kappa shape index (κ3) is 4.47. The predicted octanol–water partition coefficient (Wildman–Crippen LogP) is 6.93. The van der Waals surface area contributed by atoms with Crippen molar-refractivity contribution in [2.24, 2.45) is 23.0 Å². The molecule has 196 valence electrons. The molecule has 6 heteroatoms. The molecule has 0 spiro atoms. The second kappa shape index (κ2) is 9.78. The van der Waals surface area contributed by atoms with E-state index in [0.29, 0.717) is 46.8 Å². The van der Waals surface area contributed by atoms with Gasteiger partial charge in [0.1, 0.15) is 17.2 Å². The first-order chi connectivity index (χ1) is 18.4. The van der Waals surface area contributed by atoms with Gasteiger partial charge in [-0.15, -0.1) is 0 Å². The lowest BCUT2D eigenvalue weighted by Gasteiger charge is -2.34. The van der Waals surface area contributed by atoms with Crippen LogP contribution in [0.5, 0.6) is 0 Å². The van der Waals surface area contributed by atoms with E-state index in [9.17, 15) is 10.1 Å². The van der Waals surface area contributed by atoms with E-state index >= 15 is 4.39 Å². The van der Waals surface area contributed by atoms with Crippen LogP contribution in [-0.2, 0) is 0 Å². The summed E-state index contributed by atoms with van der Waals surface area (Å²) in [5.74, 6) is 1.47. The first-order valence-corrected chi connectivity index (χ1v) is 14.1. The average Bonchev–Trinajstić information content (AvgIpc) is 3.51. The van der Waals surface area contributed by atoms with Crippen molar-refractivity contribution in [1.82, 2.24) is 9.78 Å². The van der Waals surface area contributed by atoms with Crippen molar-refractivity contribution in [3.8, 4) is 23.0 Å². The van der Waals surface area contributed by atoms with Crippen molar-refractivity contribution in [1.29, 1.82) is 5.26 Å². The summed E-state index contributed by atoms with van der Waals surface area (Å²) >= 11 is 0. The van der Waals surface area contributed by atoms with E-state index in [1.54, 1.807) is 28.9 Å². The van der Waals surface area contributed by atoms with Crippen LogP contribution in [0.2, 0.25) is 0 Å². The number of halogens is 1. The molecule has 3 aromatic rings. The number of hydrogen-bond acceptors (Lipinski definition) is 4. The Morgan fingerprint density at radius 2 is 1.79 bits per heavy atom. The molecule has 3 aliphatic rings. The zero-order valence-corrected chi connectivity index (χ0v) is 22.0. The van der Waals surface area contributed by atoms with Crippen LogP contribution in [-0.4, -0.2) is 21.6 Å². The van der Waals surface area contributed by atoms with Crippen molar-refractivity contribution >= 4 is 5.78 Å². The molecule has 0 radical (unpaired) electrons. The Morgan fingerprint density at radius 1 is 1.05 bits per heavy atom. The van der Waals surface area contributed by atoms with Crippen LogP contribution in [0.4, 0.5) is 4.39 Å². The molecule has 2 N–H and O–H groups in total. The van der Waals surface area contributed by atoms with Crippen LogP contribution in [0.3, 0.4) is 0 Å². The summed E-state index contributed by atoms with van der Waals surface area (Å²) in [6.45, 7) is 1.97. The van der Waals surface area contributed by atoms with Crippen molar-refractivity contribution < 1.29 is 9.18 Å². The van der Waals surface area contributed by atoms with Crippen LogP contribution >= 0.6 is 0 Å². The van der Waals surface area contributed by atoms with Crippen LogP contribution in [0.15, 0.2) is 48.5 Å². The fraction of sp³-hybridized carbons (Fsp3) is 0.469. The van der Waals surface area contributed by atoms with Crippen molar-refractivity contribution in [3.63, 3.8) is 0 Å².